The summed E-state index contributed by atoms with van der Waals surface area (Å²) in [6, 6.07) is 24.7. The number of unbranched alkanes of at least 4 members (excludes halogenated alkanes) is 1. The quantitative estimate of drug-likeness (QED) is 0.144. The highest BCUT2D eigenvalue weighted by Gasteiger charge is 2.36. The summed E-state index contributed by atoms with van der Waals surface area (Å²) in [5.74, 6) is -1.55. The van der Waals surface area contributed by atoms with Gasteiger partial charge in [0.15, 0.2) is 0 Å². The van der Waals surface area contributed by atoms with E-state index in [1.54, 1.807) is 24.3 Å². The van der Waals surface area contributed by atoms with Crippen LogP contribution >= 0.6 is 11.6 Å². The van der Waals surface area contributed by atoms with Gasteiger partial charge in [0, 0.05) is 30.1 Å². The van der Waals surface area contributed by atoms with Gasteiger partial charge in [0.1, 0.15) is 24.2 Å². The lowest BCUT2D eigenvalue weighted by Gasteiger charge is -2.34. The number of nitrogens with zero attached hydrogens (tertiary/aromatic N) is 2. The van der Waals surface area contributed by atoms with E-state index in [9.17, 15) is 18.0 Å². The maximum Gasteiger partial charge on any atom is 0.264 e. The lowest BCUT2D eigenvalue weighted by molar-refractivity contribution is -0.140. The summed E-state index contributed by atoms with van der Waals surface area (Å²) in [4.78, 5) is 29.6. The summed E-state index contributed by atoms with van der Waals surface area (Å²) in [6.45, 7) is 3.20. The van der Waals surface area contributed by atoms with Crippen LogP contribution in [0.3, 0.4) is 0 Å². The van der Waals surface area contributed by atoms with Crippen LogP contribution in [0.2, 0.25) is 5.02 Å². The van der Waals surface area contributed by atoms with E-state index in [2.05, 4.69) is 5.32 Å². The fourth-order valence-electron chi connectivity index (χ4n) is 5.08. The third-order valence-corrected chi connectivity index (χ3v) is 9.71. The van der Waals surface area contributed by atoms with Crippen molar-refractivity contribution in [3.05, 3.63) is 125 Å². The third-order valence-electron chi connectivity index (χ3n) is 7.70. The summed E-state index contributed by atoms with van der Waals surface area (Å²) in [6.07, 6.45) is 1.68. The Hall–Kier alpha value is -4.41. The minimum Gasteiger partial charge on any atom is -0.495 e. The predicted molar refractivity (Wildman–Crippen MR) is 183 cm³/mol. The molecule has 0 fully saturated rings. The number of methoxy groups -OCH3 is 1. The number of carbonyl (C=O) groups is 2. The number of ether oxygens (including phenoxy) is 1. The first kappa shape index (κ1) is 35.4. The van der Waals surface area contributed by atoms with Gasteiger partial charge in [-0.2, -0.15) is 0 Å². The van der Waals surface area contributed by atoms with Gasteiger partial charge in [0.2, 0.25) is 11.8 Å². The molecule has 4 aromatic carbocycles. The van der Waals surface area contributed by atoms with E-state index in [-0.39, 0.29) is 39.9 Å². The Labute approximate surface area is 281 Å². The van der Waals surface area contributed by atoms with Gasteiger partial charge in [0.05, 0.1) is 17.7 Å². The van der Waals surface area contributed by atoms with Crippen molar-refractivity contribution in [1.29, 1.82) is 0 Å². The number of hydrogen-bond acceptors (Lipinski definition) is 5. The zero-order valence-corrected chi connectivity index (χ0v) is 28.2. The molecular formula is C36H39ClFN3O5S. The van der Waals surface area contributed by atoms with Gasteiger partial charge < -0.3 is 15.0 Å². The lowest BCUT2D eigenvalue weighted by atomic mass is 10.0. The van der Waals surface area contributed by atoms with E-state index in [1.807, 2.05) is 44.2 Å². The average molecular weight is 680 g/mol. The van der Waals surface area contributed by atoms with Crippen LogP contribution in [0.15, 0.2) is 102 Å². The SMILES string of the molecule is CCCCNC(=O)[C@@H](Cc1ccccc1)N(Cc1ccccc1F)C(=O)CN(c1cc(Cl)ccc1OC)S(=O)(=O)c1ccc(C)cc1. The minimum atomic E-state index is -4.38. The van der Waals surface area contributed by atoms with Gasteiger partial charge in [0.25, 0.3) is 10.0 Å². The highest BCUT2D eigenvalue weighted by atomic mass is 35.5. The van der Waals surface area contributed by atoms with Crippen LogP contribution in [-0.4, -0.2) is 51.4 Å². The molecule has 0 aliphatic rings. The summed E-state index contributed by atoms with van der Waals surface area (Å²) in [5, 5.41) is 3.14. The van der Waals surface area contributed by atoms with Crippen LogP contribution in [0.25, 0.3) is 0 Å². The van der Waals surface area contributed by atoms with Gasteiger partial charge in [-0.1, -0.05) is 91.2 Å². The molecule has 2 amide bonds. The second kappa shape index (κ2) is 16.4. The molecule has 0 heterocycles. The Morgan fingerprint density at radius 1 is 0.957 bits per heavy atom. The van der Waals surface area contributed by atoms with Gasteiger partial charge in [-0.3, -0.25) is 13.9 Å². The fraction of sp³-hybridized carbons (Fsp3) is 0.278. The molecule has 8 nitrogen and oxygen atoms in total. The van der Waals surface area contributed by atoms with Crippen molar-refractivity contribution in [3.63, 3.8) is 0 Å². The van der Waals surface area contributed by atoms with Crippen LogP contribution in [-0.2, 0) is 32.6 Å². The Kier molecular flexibility index (Phi) is 12.4. The van der Waals surface area contributed by atoms with E-state index < -0.39 is 40.2 Å². The van der Waals surface area contributed by atoms with Gasteiger partial charge >= 0.3 is 0 Å². The van der Waals surface area contributed by atoms with Crippen LogP contribution < -0.4 is 14.4 Å². The van der Waals surface area contributed by atoms with Gasteiger partial charge in [-0.15, -0.1) is 0 Å². The lowest BCUT2D eigenvalue weighted by Crippen LogP contribution is -2.53. The standard InChI is InChI=1S/C36H39ClFN3O5S/c1-4-5-21-39-36(43)33(22-27-11-7-6-8-12-27)40(24-28-13-9-10-14-31(28)38)35(42)25-41(32-23-29(37)17-20-34(32)46-3)47(44,45)30-18-15-26(2)16-19-30/h6-20,23,33H,4-5,21-22,24-25H2,1-3H3,(H,39,43)/t33-/m1/s1. The first-order valence-electron chi connectivity index (χ1n) is 15.3. The van der Waals surface area contributed by atoms with E-state index in [1.165, 1.54) is 54.5 Å². The molecular weight excluding hydrogens is 641 g/mol. The Bertz CT molecular complexity index is 1770. The Balaban J connectivity index is 1.85. The molecule has 0 unspecified atom stereocenters. The van der Waals surface area contributed by atoms with Crippen LogP contribution in [0.5, 0.6) is 5.75 Å². The molecule has 0 saturated carbocycles. The van der Waals surface area contributed by atoms with Crippen LogP contribution in [0.1, 0.15) is 36.5 Å². The van der Waals surface area contributed by atoms with Crippen molar-refractivity contribution in [1.82, 2.24) is 10.2 Å². The maximum absolute atomic E-state index is 15.1. The van der Waals surface area contributed by atoms with Crippen molar-refractivity contribution in [2.45, 2.75) is 50.6 Å². The number of rotatable bonds is 15. The number of sulfonamides is 1. The van der Waals surface area contributed by atoms with Crippen molar-refractivity contribution in [3.8, 4) is 5.75 Å². The van der Waals surface area contributed by atoms with E-state index >= 15 is 4.39 Å². The fourth-order valence-corrected chi connectivity index (χ4v) is 6.66. The number of amides is 2. The van der Waals surface area contributed by atoms with Crippen LogP contribution in [0, 0.1) is 12.7 Å². The smallest absolute Gasteiger partial charge is 0.264 e. The predicted octanol–water partition coefficient (Wildman–Crippen LogP) is 6.55. The van der Waals surface area contributed by atoms with Crippen molar-refractivity contribution >= 4 is 39.1 Å². The molecule has 4 aromatic rings. The molecule has 0 radical (unpaired) electrons. The van der Waals surface area contributed by atoms with Gasteiger partial charge in [-0.05, 0) is 55.3 Å². The Morgan fingerprint density at radius 3 is 2.30 bits per heavy atom. The zero-order valence-electron chi connectivity index (χ0n) is 26.7. The summed E-state index contributed by atoms with van der Waals surface area (Å²) >= 11 is 6.33. The molecule has 1 N–H and O–H groups in total. The summed E-state index contributed by atoms with van der Waals surface area (Å²) < 4.78 is 50.1. The molecule has 0 aliphatic heterocycles. The topological polar surface area (TPSA) is 96.0 Å². The number of aryl methyl sites for hydroxylation is 1. The first-order chi connectivity index (χ1) is 22.5. The number of benzene rings is 4. The molecule has 47 heavy (non-hydrogen) atoms. The van der Waals surface area contributed by atoms with Crippen molar-refractivity contribution in [2.75, 3.05) is 24.5 Å². The number of nitrogens with one attached hydrogen (secondary N) is 1. The molecule has 0 aliphatic carbocycles. The van der Waals surface area contributed by atoms with E-state index in [0.29, 0.717) is 6.54 Å². The number of anilines is 1. The number of hydrogen-bond donors (Lipinski definition) is 1. The molecule has 1 atom stereocenters. The first-order valence-corrected chi connectivity index (χ1v) is 17.1. The normalized spacial score (nSPS) is 11.9. The molecule has 0 saturated heterocycles. The number of carbonyl (C=O) groups excluding carboxylic acids is 2. The molecule has 0 spiro atoms. The second-order valence-electron chi connectivity index (χ2n) is 11.1. The summed E-state index contributed by atoms with van der Waals surface area (Å²) in [5.41, 5.74) is 1.83. The Morgan fingerprint density at radius 2 is 1.64 bits per heavy atom. The van der Waals surface area contributed by atoms with E-state index in [4.69, 9.17) is 16.3 Å². The van der Waals surface area contributed by atoms with E-state index in [0.717, 1.165) is 28.3 Å². The average Bonchev–Trinajstić information content (AvgIpc) is 3.06. The second-order valence-corrected chi connectivity index (χ2v) is 13.4. The highest BCUT2D eigenvalue weighted by molar-refractivity contribution is 7.92. The highest BCUT2D eigenvalue weighted by Crippen LogP contribution is 2.35. The number of halogens is 2. The van der Waals surface area contributed by atoms with Gasteiger partial charge in [-0.25, -0.2) is 12.8 Å². The molecule has 0 aromatic heterocycles. The summed E-state index contributed by atoms with van der Waals surface area (Å²) in [7, 11) is -3.00. The molecule has 4 rings (SSSR count). The van der Waals surface area contributed by atoms with Crippen molar-refractivity contribution in [2.24, 2.45) is 0 Å². The zero-order chi connectivity index (χ0) is 34.0. The molecule has 248 valence electrons. The minimum absolute atomic E-state index is 0.0340. The largest absolute Gasteiger partial charge is 0.495 e. The van der Waals surface area contributed by atoms with Crippen LogP contribution in [0.4, 0.5) is 10.1 Å². The maximum atomic E-state index is 15.1. The molecule has 0 bridgehead atoms. The third kappa shape index (κ3) is 9.11. The molecule has 11 heteroatoms. The monoisotopic (exact) mass is 679 g/mol. The van der Waals surface area contributed by atoms with Crippen molar-refractivity contribution < 1.29 is 27.1 Å².